The van der Waals surface area contributed by atoms with Gasteiger partial charge < -0.3 is 10.6 Å². The third-order valence-electron chi connectivity index (χ3n) is 2.81. The van der Waals surface area contributed by atoms with Crippen LogP contribution in [0.2, 0.25) is 5.02 Å². The number of amides is 1. The second kappa shape index (κ2) is 7.43. The monoisotopic (exact) mass is 367 g/mol. The van der Waals surface area contributed by atoms with Crippen molar-refractivity contribution in [2.45, 2.75) is 13.3 Å². The Bertz CT molecular complexity index is 649. The van der Waals surface area contributed by atoms with Crippen LogP contribution in [0.15, 0.2) is 41.1 Å². The largest absolute Gasteiger partial charge is 0.384 e. The van der Waals surface area contributed by atoms with Crippen molar-refractivity contribution in [2.24, 2.45) is 0 Å². The van der Waals surface area contributed by atoms with Crippen molar-refractivity contribution in [3.8, 4) is 0 Å². The van der Waals surface area contributed by atoms with E-state index in [0.717, 1.165) is 23.1 Å². The maximum Gasteiger partial charge on any atom is 0.259 e. The van der Waals surface area contributed by atoms with Crippen LogP contribution < -0.4 is 10.6 Å². The number of hydrogen-bond donors (Lipinski definition) is 2. The lowest BCUT2D eigenvalue weighted by Crippen LogP contribution is -2.15. The number of nitrogens with zero attached hydrogens (tertiary/aromatic N) is 1. The average molecular weight is 369 g/mol. The third-order valence-corrected chi connectivity index (χ3v) is 3.70. The normalized spacial score (nSPS) is 10.2. The van der Waals surface area contributed by atoms with Gasteiger partial charge in [-0.1, -0.05) is 18.5 Å². The molecule has 21 heavy (non-hydrogen) atoms. The third kappa shape index (κ3) is 4.19. The summed E-state index contributed by atoms with van der Waals surface area (Å²) in [5.41, 5.74) is 1.94. The van der Waals surface area contributed by atoms with Crippen molar-refractivity contribution >= 4 is 44.8 Å². The minimum absolute atomic E-state index is 0.218. The maximum absolute atomic E-state index is 12.4. The van der Waals surface area contributed by atoms with E-state index in [1.807, 2.05) is 0 Å². The van der Waals surface area contributed by atoms with E-state index in [1.165, 1.54) is 0 Å². The fraction of sp³-hybridized carbons (Fsp3) is 0.200. The van der Waals surface area contributed by atoms with E-state index in [2.05, 4.69) is 38.5 Å². The molecular formula is C15H15BrClN3O. The van der Waals surface area contributed by atoms with Crippen LogP contribution in [0.5, 0.6) is 0 Å². The van der Waals surface area contributed by atoms with Crippen molar-refractivity contribution in [1.82, 2.24) is 4.98 Å². The van der Waals surface area contributed by atoms with Gasteiger partial charge in [-0.2, -0.15) is 0 Å². The molecular weight excluding hydrogens is 354 g/mol. The lowest BCUT2D eigenvalue weighted by atomic mass is 10.2. The first-order chi connectivity index (χ1) is 10.1. The van der Waals surface area contributed by atoms with E-state index in [-0.39, 0.29) is 5.91 Å². The zero-order valence-corrected chi connectivity index (χ0v) is 13.8. The molecule has 0 unspecified atom stereocenters. The Labute approximate surface area is 137 Å². The highest BCUT2D eigenvalue weighted by Gasteiger charge is 2.13. The zero-order chi connectivity index (χ0) is 15.2. The SMILES string of the molecule is CCCNc1ccncc1C(=O)Nc1ccc(Cl)cc1Br. The molecule has 2 N–H and O–H groups in total. The molecule has 1 aromatic carbocycles. The molecule has 0 saturated carbocycles. The van der Waals surface area contributed by atoms with E-state index in [4.69, 9.17) is 11.6 Å². The summed E-state index contributed by atoms with van der Waals surface area (Å²) in [6.45, 7) is 2.87. The number of rotatable bonds is 5. The van der Waals surface area contributed by atoms with E-state index < -0.39 is 0 Å². The van der Waals surface area contributed by atoms with E-state index in [1.54, 1.807) is 36.7 Å². The minimum atomic E-state index is -0.218. The molecule has 2 rings (SSSR count). The van der Waals surface area contributed by atoms with Crippen LogP contribution >= 0.6 is 27.5 Å². The van der Waals surface area contributed by atoms with Gasteiger partial charge >= 0.3 is 0 Å². The molecule has 0 aliphatic heterocycles. The van der Waals surface area contributed by atoms with Crippen molar-refractivity contribution < 1.29 is 4.79 Å². The van der Waals surface area contributed by atoms with E-state index >= 15 is 0 Å². The molecule has 6 heteroatoms. The summed E-state index contributed by atoms with van der Waals surface area (Å²) in [6.07, 6.45) is 4.19. The van der Waals surface area contributed by atoms with Gasteiger partial charge in [-0.25, -0.2) is 0 Å². The number of benzene rings is 1. The quantitative estimate of drug-likeness (QED) is 0.812. The Kier molecular flexibility index (Phi) is 5.59. The van der Waals surface area contributed by atoms with Gasteiger partial charge in [-0.15, -0.1) is 0 Å². The Morgan fingerprint density at radius 2 is 2.14 bits per heavy atom. The summed E-state index contributed by atoms with van der Waals surface area (Å²) in [5, 5.41) is 6.67. The van der Waals surface area contributed by atoms with Gasteiger partial charge in [0, 0.05) is 28.4 Å². The van der Waals surface area contributed by atoms with Crippen LogP contribution in [0.3, 0.4) is 0 Å². The number of halogens is 2. The standard InChI is InChI=1S/C15H15BrClN3O/c1-2-6-19-13-5-7-18-9-11(13)15(21)20-14-4-3-10(17)8-12(14)16/h3-5,7-9H,2,6H2,1H3,(H,18,19)(H,20,21). The number of nitrogens with one attached hydrogen (secondary N) is 2. The highest BCUT2D eigenvalue weighted by molar-refractivity contribution is 9.10. The lowest BCUT2D eigenvalue weighted by Gasteiger charge is -2.12. The maximum atomic E-state index is 12.4. The van der Waals surface area contributed by atoms with Crippen molar-refractivity contribution in [2.75, 3.05) is 17.2 Å². The Hall–Kier alpha value is -1.59. The van der Waals surface area contributed by atoms with Crippen molar-refractivity contribution in [3.05, 3.63) is 51.7 Å². The number of pyridine rings is 1. The van der Waals surface area contributed by atoms with Crippen LogP contribution in [0.1, 0.15) is 23.7 Å². The first-order valence-electron chi connectivity index (χ1n) is 6.56. The molecule has 0 atom stereocenters. The summed E-state index contributed by atoms with van der Waals surface area (Å²) in [5.74, 6) is -0.218. The first kappa shape index (κ1) is 15.8. The van der Waals surface area contributed by atoms with Gasteiger partial charge in [-0.05, 0) is 46.6 Å². The topological polar surface area (TPSA) is 54.0 Å². The Balaban J connectivity index is 2.20. The van der Waals surface area contributed by atoms with Crippen LogP contribution in [-0.2, 0) is 0 Å². The lowest BCUT2D eigenvalue weighted by molar-refractivity contribution is 0.102. The zero-order valence-electron chi connectivity index (χ0n) is 11.5. The molecule has 0 saturated heterocycles. The van der Waals surface area contributed by atoms with E-state index in [0.29, 0.717) is 16.3 Å². The highest BCUT2D eigenvalue weighted by atomic mass is 79.9. The van der Waals surface area contributed by atoms with Crippen LogP contribution in [-0.4, -0.2) is 17.4 Å². The molecule has 0 aliphatic rings. The van der Waals surface area contributed by atoms with Crippen molar-refractivity contribution in [3.63, 3.8) is 0 Å². The summed E-state index contributed by atoms with van der Waals surface area (Å²) in [6, 6.07) is 7.00. The molecule has 0 bridgehead atoms. The predicted molar refractivity (Wildman–Crippen MR) is 90.1 cm³/mol. The number of carbonyl (C=O) groups is 1. The molecule has 110 valence electrons. The van der Waals surface area contributed by atoms with Gasteiger partial charge in [0.15, 0.2) is 0 Å². The molecule has 1 aromatic heterocycles. The fourth-order valence-electron chi connectivity index (χ4n) is 1.77. The molecule has 0 radical (unpaired) electrons. The number of aromatic nitrogens is 1. The summed E-state index contributed by atoms with van der Waals surface area (Å²) in [4.78, 5) is 16.4. The van der Waals surface area contributed by atoms with Gasteiger partial charge in [0.1, 0.15) is 0 Å². The molecule has 0 fully saturated rings. The van der Waals surface area contributed by atoms with E-state index in [9.17, 15) is 4.79 Å². The van der Waals surface area contributed by atoms with Gasteiger partial charge in [0.2, 0.25) is 0 Å². The molecule has 1 amide bonds. The second-order valence-electron chi connectivity index (χ2n) is 4.43. The van der Waals surface area contributed by atoms with Crippen LogP contribution in [0.4, 0.5) is 11.4 Å². The van der Waals surface area contributed by atoms with Gasteiger partial charge in [0.05, 0.1) is 16.9 Å². The molecule has 4 nitrogen and oxygen atoms in total. The molecule has 0 spiro atoms. The second-order valence-corrected chi connectivity index (χ2v) is 5.72. The smallest absolute Gasteiger partial charge is 0.259 e. The summed E-state index contributed by atoms with van der Waals surface area (Å²) < 4.78 is 0.732. The number of hydrogen-bond acceptors (Lipinski definition) is 3. The fourth-order valence-corrected chi connectivity index (χ4v) is 2.55. The molecule has 2 aromatic rings. The average Bonchev–Trinajstić information content (AvgIpc) is 2.48. The predicted octanol–water partition coefficient (Wildman–Crippen LogP) is 4.57. The van der Waals surface area contributed by atoms with Gasteiger partial charge in [0.25, 0.3) is 5.91 Å². The van der Waals surface area contributed by atoms with Crippen LogP contribution in [0.25, 0.3) is 0 Å². The number of anilines is 2. The Morgan fingerprint density at radius 3 is 2.86 bits per heavy atom. The minimum Gasteiger partial charge on any atom is -0.384 e. The highest BCUT2D eigenvalue weighted by Crippen LogP contribution is 2.27. The summed E-state index contributed by atoms with van der Waals surface area (Å²) in [7, 11) is 0. The summed E-state index contributed by atoms with van der Waals surface area (Å²) >= 11 is 9.27. The number of carbonyl (C=O) groups excluding carboxylic acids is 1. The first-order valence-corrected chi connectivity index (χ1v) is 7.73. The molecule has 0 aliphatic carbocycles. The Morgan fingerprint density at radius 1 is 1.33 bits per heavy atom. The van der Waals surface area contributed by atoms with Crippen LogP contribution in [0, 0.1) is 0 Å². The molecule has 1 heterocycles. The van der Waals surface area contributed by atoms with Crippen molar-refractivity contribution in [1.29, 1.82) is 0 Å². The van der Waals surface area contributed by atoms with Gasteiger partial charge in [-0.3, -0.25) is 9.78 Å².